The number of imidazole rings is 1. The smallest absolute Gasteiger partial charge is 0.411 e. The molecule has 1 aromatic heterocycles. The number of carbonyl (C=O) groups is 3. The topological polar surface area (TPSA) is 128 Å². The number of H-pyrrole nitrogens is 1. The summed E-state index contributed by atoms with van der Waals surface area (Å²) in [4.78, 5) is 47.8. The van der Waals surface area contributed by atoms with Crippen LogP contribution in [0.15, 0.2) is 66.0 Å². The Kier molecular flexibility index (Phi) is 10.8. The second-order valence-electron chi connectivity index (χ2n) is 10.3. The number of benzene rings is 2. The van der Waals surface area contributed by atoms with Crippen LogP contribution in [0.25, 0.3) is 11.3 Å². The monoisotopic (exact) mass is 622 g/mol. The first kappa shape index (κ1) is 32.3. The van der Waals surface area contributed by atoms with Gasteiger partial charge in [0, 0.05) is 30.4 Å². The van der Waals surface area contributed by atoms with Gasteiger partial charge in [-0.1, -0.05) is 43.2 Å². The Bertz CT molecular complexity index is 1600. The van der Waals surface area contributed by atoms with Gasteiger partial charge in [-0.2, -0.15) is 0 Å². The molecule has 0 saturated carbocycles. The number of ether oxygens (including phenoxy) is 1. The Morgan fingerprint density at radius 1 is 1.25 bits per heavy atom. The molecule has 0 saturated heterocycles. The summed E-state index contributed by atoms with van der Waals surface area (Å²) in [7, 11) is 2.95. The lowest BCUT2D eigenvalue weighted by molar-refractivity contribution is -0.118. The van der Waals surface area contributed by atoms with Gasteiger partial charge in [0.15, 0.2) is 5.82 Å². The number of methoxy groups -OCH3 is 1. The molecule has 0 aliphatic carbocycles. The van der Waals surface area contributed by atoms with Gasteiger partial charge in [0.1, 0.15) is 5.82 Å². The van der Waals surface area contributed by atoms with E-state index in [0.29, 0.717) is 65.4 Å². The van der Waals surface area contributed by atoms with E-state index < -0.39 is 18.0 Å². The van der Waals surface area contributed by atoms with E-state index in [0.717, 1.165) is 0 Å². The molecule has 44 heavy (non-hydrogen) atoms. The third kappa shape index (κ3) is 7.65. The fraction of sp³-hybridized carbons (Fsp3) is 0.312. The van der Waals surface area contributed by atoms with Crippen LogP contribution in [-0.2, 0) is 14.3 Å². The van der Waals surface area contributed by atoms with Crippen molar-refractivity contribution in [3.63, 3.8) is 0 Å². The van der Waals surface area contributed by atoms with Crippen molar-refractivity contribution in [2.24, 2.45) is 0 Å². The Hall–Kier alpha value is -4.64. The molecular formula is C32H36ClFN6O4. The van der Waals surface area contributed by atoms with Crippen molar-refractivity contribution in [1.82, 2.24) is 15.3 Å². The van der Waals surface area contributed by atoms with E-state index in [4.69, 9.17) is 11.6 Å². The van der Waals surface area contributed by atoms with Crippen LogP contribution in [0, 0.1) is 5.82 Å². The first-order valence-corrected chi connectivity index (χ1v) is 14.7. The average molecular weight is 623 g/mol. The molecule has 1 aliphatic rings. The van der Waals surface area contributed by atoms with Crippen molar-refractivity contribution in [2.45, 2.75) is 52.0 Å². The first-order valence-electron chi connectivity index (χ1n) is 14.3. The van der Waals surface area contributed by atoms with Crippen LogP contribution in [0.3, 0.4) is 0 Å². The van der Waals surface area contributed by atoms with Gasteiger partial charge < -0.3 is 25.3 Å². The first-order chi connectivity index (χ1) is 21.1. The van der Waals surface area contributed by atoms with Gasteiger partial charge >= 0.3 is 6.09 Å². The molecule has 0 radical (unpaired) electrons. The number of aromatic nitrogens is 2. The Labute approximate surface area is 260 Å². The number of nitrogens with zero attached hydrogens (tertiary/aromatic N) is 2. The molecule has 12 heteroatoms. The lowest BCUT2D eigenvalue weighted by Gasteiger charge is -2.24. The molecule has 2 heterocycles. The maximum Gasteiger partial charge on any atom is 0.411 e. The lowest BCUT2D eigenvalue weighted by Crippen LogP contribution is -2.32. The van der Waals surface area contributed by atoms with Gasteiger partial charge in [-0.05, 0) is 56.5 Å². The summed E-state index contributed by atoms with van der Waals surface area (Å²) in [5.41, 5.74) is 3.35. The standard InChI is InChI=1S/C32H36ClFN6O4/c1-5-6-10-21(19(2)40(3)27-13-9-11-23(33)29(27)34)31(42)39-24-12-7-8-14-28(41)37-25-17-20(36-32(43)44-4)15-16-22(25)26-18-35-30(24)38-26/h6,9-11,13,15-18,24H,5,7-8,12,14H2,1-4H3,(H,35,38)(H,36,43)(H,37,41)(H,39,42)/b10-6+,21-19+/t24-/m0/s1. The fourth-order valence-electron chi connectivity index (χ4n) is 4.85. The van der Waals surface area contributed by atoms with Crippen LogP contribution >= 0.6 is 11.6 Å². The maximum atomic E-state index is 14.9. The minimum Gasteiger partial charge on any atom is -0.453 e. The van der Waals surface area contributed by atoms with E-state index in [-0.39, 0.29) is 28.9 Å². The van der Waals surface area contributed by atoms with Crippen molar-refractivity contribution in [2.75, 3.05) is 29.7 Å². The molecule has 4 rings (SSSR count). The van der Waals surface area contributed by atoms with Gasteiger partial charge in [-0.3, -0.25) is 14.9 Å². The molecule has 3 amide bonds. The van der Waals surface area contributed by atoms with Crippen LogP contribution in [-0.4, -0.2) is 42.0 Å². The van der Waals surface area contributed by atoms with E-state index in [1.54, 1.807) is 61.5 Å². The molecule has 0 unspecified atom stereocenters. The van der Waals surface area contributed by atoms with E-state index in [1.807, 2.05) is 13.0 Å². The minimum absolute atomic E-state index is 0.00898. The molecule has 1 atom stereocenters. The number of anilines is 3. The minimum atomic E-state index is -0.631. The summed E-state index contributed by atoms with van der Waals surface area (Å²) in [5, 5.41) is 8.63. The molecule has 0 spiro atoms. The quantitative estimate of drug-likeness (QED) is 0.164. The van der Waals surface area contributed by atoms with Crippen LogP contribution in [0.1, 0.15) is 57.8 Å². The molecule has 1 aliphatic heterocycles. The molecule has 2 aromatic carbocycles. The molecular weight excluding hydrogens is 587 g/mol. The van der Waals surface area contributed by atoms with E-state index in [1.165, 1.54) is 13.2 Å². The van der Waals surface area contributed by atoms with Crippen molar-refractivity contribution in [1.29, 1.82) is 0 Å². The zero-order chi connectivity index (χ0) is 31.8. The van der Waals surface area contributed by atoms with Crippen molar-refractivity contribution in [3.8, 4) is 11.3 Å². The zero-order valence-corrected chi connectivity index (χ0v) is 25.8. The Balaban J connectivity index is 1.67. The largest absolute Gasteiger partial charge is 0.453 e. The zero-order valence-electron chi connectivity index (χ0n) is 25.1. The Morgan fingerprint density at radius 2 is 2.05 bits per heavy atom. The predicted octanol–water partition coefficient (Wildman–Crippen LogP) is 7.09. The highest BCUT2D eigenvalue weighted by Gasteiger charge is 2.24. The van der Waals surface area contributed by atoms with Gasteiger partial charge in [0.2, 0.25) is 5.91 Å². The predicted molar refractivity (Wildman–Crippen MR) is 170 cm³/mol. The number of aromatic amines is 1. The molecule has 232 valence electrons. The van der Waals surface area contributed by atoms with Crippen LogP contribution < -0.4 is 20.9 Å². The summed E-state index contributed by atoms with van der Waals surface area (Å²) in [6.07, 6.45) is 7.32. The molecule has 4 N–H and O–H groups in total. The SMILES string of the molecule is CC/C=C/C(C(=O)N[C@H]1CCCCC(=O)Nc2cc(NC(=O)OC)ccc2-c2cnc1[nH]2)=C(/C)N(C)c1cccc(Cl)c1F. The van der Waals surface area contributed by atoms with Crippen molar-refractivity contribution < 1.29 is 23.5 Å². The average Bonchev–Trinajstić information content (AvgIpc) is 3.49. The number of rotatable bonds is 7. The van der Waals surface area contributed by atoms with Gasteiger partial charge in [0.25, 0.3) is 5.91 Å². The van der Waals surface area contributed by atoms with E-state index in [9.17, 15) is 18.8 Å². The number of halogens is 2. The fourth-order valence-corrected chi connectivity index (χ4v) is 5.02. The Morgan fingerprint density at radius 3 is 2.80 bits per heavy atom. The third-order valence-corrected chi connectivity index (χ3v) is 7.64. The van der Waals surface area contributed by atoms with Crippen LogP contribution in [0.5, 0.6) is 0 Å². The second-order valence-corrected chi connectivity index (χ2v) is 10.7. The highest BCUT2D eigenvalue weighted by molar-refractivity contribution is 6.31. The number of allylic oxidation sites excluding steroid dienone is 2. The summed E-state index contributed by atoms with van der Waals surface area (Å²) in [6.45, 7) is 3.71. The third-order valence-electron chi connectivity index (χ3n) is 7.34. The van der Waals surface area contributed by atoms with Crippen LogP contribution in [0.4, 0.5) is 26.2 Å². The number of amides is 3. The number of nitrogens with one attached hydrogen (secondary N) is 4. The summed E-state index contributed by atoms with van der Waals surface area (Å²) >= 11 is 6.02. The molecule has 0 fully saturated rings. The number of carbonyl (C=O) groups excluding carboxylic acids is 3. The summed E-state index contributed by atoms with van der Waals surface area (Å²) in [6, 6.07) is 9.32. The van der Waals surface area contributed by atoms with E-state index >= 15 is 0 Å². The summed E-state index contributed by atoms with van der Waals surface area (Å²) < 4.78 is 19.5. The van der Waals surface area contributed by atoms with Gasteiger partial charge in [-0.25, -0.2) is 14.2 Å². The molecule has 3 aromatic rings. The second kappa shape index (κ2) is 14.7. The molecule has 10 nitrogen and oxygen atoms in total. The van der Waals surface area contributed by atoms with Crippen molar-refractivity contribution >= 4 is 46.6 Å². The van der Waals surface area contributed by atoms with Crippen LogP contribution in [0.2, 0.25) is 5.02 Å². The van der Waals surface area contributed by atoms with Gasteiger partial charge in [0.05, 0.1) is 47.0 Å². The summed E-state index contributed by atoms with van der Waals surface area (Å²) in [5.74, 6) is -0.554. The highest BCUT2D eigenvalue weighted by Crippen LogP contribution is 2.33. The number of hydrogen-bond acceptors (Lipinski definition) is 6. The lowest BCUT2D eigenvalue weighted by atomic mass is 10.0. The highest BCUT2D eigenvalue weighted by atomic mass is 35.5. The van der Waals surface area contributed by atoms with Gasteiger partial charge in [-0.15, -0.1) is 0 Å². The number of hydrogen-bond donors (Lipinski definition) is 4. The maximum absolute atomic E-state index is 14.9. The number of fused-ring (bicyclic) bond motifs is 4. The normalized spacial score (nSPS) is 15.7. The molecule has 2 bridgehead atoms. The van der Waals surface area contributed by atoms with E-state index in [2.05, 4.69) is 30.7 Å². The van der Waals surface area contributed by atoms with Crippen molar-refractivity contribution in [3.05, 3.63) is 82.7 Å².